The fourth-order valence-electron chi connectivity index (χ4n) is 2.43. The van der Waals surface area contributed by atoms with Gasteiger partial charge in [-0.15, -0.1) is 0 Å². The van der Waals surface area contributed by atoms with Gasteiger partial charge in [0.25, 0.3) is 0 Å². The summed E-state index contributed by atoms with van der Waals surface area (Å²) in [4.78, 5) is 13.9. The molecule has 14 heavy (non-hydrogen) atoms. The quantitative estimate of drug-likeness (QED) is 0.678. The third-order valence-corrected chi connectivity index (χ3v) is 3.16. The van der Waals surface area contributed by atoms with Gasteiger partial charge < -0.3 is 10.2 Å². The van der Waals surface area contributed by atoms with Gasteiger partial charge in [0.05, 0.1) is 6.04 Å². The minimum Gasteiger partial charge on any atom is -0.340 e. The van der Waals surface area contributed by atoms with Gasteiger partial charge in [0.1, 0.15) is 0 Å². The number of likely N-dealkylation sites (tertiary alicyclic amines) is 1. The summed E-state index contributed by atoms with van der Waals surface area (Å²) in [6.07, 6.45) is 3.44. The van der Waals surface area contributed by atoms with E-state index in [9.17, 15) is 4.79 Å². The van der Waals surface area contributed by atoms with Crippen molar-refractivity contribution in [3.8, 4) is 0 Å². The predicted octanol–water partition coefficient (Wildman–Crippen LogP) is 0.997. The van der Waals surface area contributed by atoms with Crippen molar-refractivity contribution in [1.29, 1.82) is 0 Å². The van der Waals surface area contributed by atoms with Crippen LogP contribution in [0.15, 0.2) is 0 Å². The molecule has 0 bridgehead atoms. The topological polar surface area (TPSA) is 32.3 Å². The van der Waals surface area contributed by atoms with Crippen LogP contribution in [0, 0.1) is 5.41 Å². The first-order chi connectivity index (χ1) is 6.58. The van der Waals surface area contributed by atoms with Crippen molar-refractivity contribution < 1.29 is 4.79 Å². The summed E-state index contributed by atoms with van der Waals surface area (Å²) < 4.78 is 0. The Bertz CT molecular complexity index is 223. The molecule has 2 rings (SSSR count). The van der Waals surface area contributed by atoms with Gasteiger partial charge in [-0.2, -0.15) is 0 Å². The summed E-state index contributed by atoms with van der Waals surface area (Å²) in [5, 5.41) is 3.30. The van der Waals surface area contributed by atoms with Crippen molar-refractivity contribution in [3.05, 3.63) is 0 Å². The summed E-state index contributed by atoms with van der Waals surface area (Å²) in [6, 6.07) is 0.111. The molecule has 1 atom stereocenters. The average Bonchev–Trinajstić information content (AvgIpc) is 2.14. The molecule has 1 amide bonds. The van der Waals surface area contributed by atoms with E-state index in [1.165, 1.54) is 12.8 Å². The number of rotatable bonds is 1. The predicted molar refractivity (Wildman–Crippen MR) is 56.0 cm³/mol. The van der Waals surface area contributed by atoms with Gasteiger partial charge in [-0.1, -0.05) is 20.3 Å². The maximum atomic E-state index is 11.9. The molecular weight excluding hydrogens is 176 g/mol. The molecule has 3 nitrogen and oxygen atoms in total. The van der Waals surface area contributed by atoms with Crippen LogP contribution in [0.5, 0.6) is 0 Å². The van der Waals surface area contributed by atoms with Crippen molar-refractivity contribution in [2.24, 2.45) is 5.41 Å². The van der Waals surface area contributed by atoms with Crippen molar-refractivity contribution in [2.75, 3.05) is 19.6 Å². The van der Waals surface area contributed by atoms with Gasteiger partial charge >= 0.3 is 0 Å². The SMILES string of the molecule is CC1(C)CN(C(=O)[C@H]2CCCCN2)C1. The van der Waals surface area contributed by atoms with Crippen LogP contribution in [0.1, 0.15) is 33.1 Å². The van der Waals surface area contributed by atoms with Crippen molar-refractivity contribution >= 4 is 5.91 Å². The summed E-state index contributed by atoms with van der Waals surface area (Å²) in [5.74, 6) is 0.323. The number of carbonyl (C=O) groups excluding carboxylic acids is 1. The first-order valence-electron chi connectivity index (χ1n) is 5.61. The zero-order valence-corrected chi connectivity index (χ0v) is 9.18. The average molecular weight is 196 g/mol. The lowest BCUT2D eigenvalue weighted by molar-refractivity contribution is -0.144. The zero-order valence-electron chi connectivity index (χ0n) is 9.18. The summed E-state index contributed by atoms with van der Waals surface area (Å²) in [7, 11) is 0. The molecule has 3 heteroatoms. The lowest BCUT2D eigenvalue weighted by atomic mass is 9.83. The fraction of sp³-hybridized carbons (Fsp3) is 0.909. The molecular formula is C11H20N2O. The molecule has 0 aromatic rings. The van der Waals surface area contributed by atoms with Crippen LogP contribution in [-0.4, -0.2) is 36.5 Å². The van der Waals surface area contributed by atoms with Gasteiger partial charge in [0.15, 0.2) is 0 Å². The molecule has 0 saturated carbocycles. The van der Waals surface area contributed by atoms with Crippen molar-refractivity contribution in [2.45, 2.75) is 39.2 Å². The van der Waals surface area contributed by atoms with Crippen LogP contribution in [0.4, 0.5) is 0 Å². The number of amides is 1. The zero-order chi connectivity index (χ0) is 10.2. The number of carbonyl (C=O) groups is 1. The van der Waals surface area contributed by atoms with Crippen molar-refractivity contribution in [3.63, 3.8) is 0 Å². The molecule has 2 fully saturated rings. The molecule has 0 aromatic carbocycles. The molecule has 2 aliphatic heterocycles. The Kier molecular flexibility index (Phi) is 2.52. The lowest BCUT2D eigenvalue weighted by Gasteiger charge is -2.47. The first kappa shape index (κ1) is 9.97. The Morgan fingerprint density at radius 2 is 2.07 bits per heavy atom. The highest BCUT2D eigenvalue weighted by Gasteiger charge is 2.39. The lowest BCUT2D eigenvalue weighted by Crippen LogP contribution is -2.60. The number of nitrogens with one attached hydrogen (secondary N) is 1. The van der Waals surface area contributed by atoms with E-state index in [1.807, 2.05) is 4.90 Å². The van der Waals surface area contributed by atoms with E-state index in [2.05, 4.69) is 19.2 Å². The molecule has 80 valence electrons. The highest BCUT2D eigenvalue weighted by molar-refractivity contribution is 5.82. The monoisotopic (exact) mass is 196 g/mol. The van der Waals surface area contributed by atoms with Crippen LogP contribution in [0.3, 0.4) is 0 Å². The van der Waals surface area contributed by atoms with Gasteiger partial charge in [-0.25, -0.2) is 0 Å². The van der Waals surface area contributed by atoms with E-state index in [1.54, 1.807) is 0 Å². The van der Waals surface area contributed by atoms with Gasteiger partial charge in [-0.3, -0.25) is 4.79 Å². The third-order valence-electron chi connectivity index (χ3n) is 3.16. The second-order valence-corrected chi connectivity index (χ2v) is 5.36. The minimum atomic E-state index is 0.111. The van der Waals surface area contributed by atoms with Crippen LogP contribution < -0.4 is 5.32 Å². The van der Waals surface area contributed by atoms with E-state index in [4.69, 9.17) is 0 Å². The Labute approximate surface area is 85.8 Å². The standard InChI is InChI=1S/C11H20N2O/c1-11(2)7-13(8-11)10(14)9-5-3-4-6-12-9/h9,12H,3-8H2,1-2H3/t9-/m1/s1. The Morgan fingerprint density at radius 3 is 2.57 bits per heavy atom. The summed E-state index contributed by atoms with van der Waals surface area (Å²) in [6.45, 7) is 7.30. The fourth-order valence-corrected chi connectivity index (χ4v) is 2.43. The van der Waals surface area contributed by atoms with E-state index in [-0.39, 0.29) is 6.04 Å². The highest BCUT2D eigenvalue weighted by Crippen LogP contribution is 2.29. The Hall–Kier alpha value is -0.570. The number of nitrogens with zero attached hydrogens (tertiary/aromatic N) is 1. The number of hydrogen-bond donors (Lipinski definition) is 1. The van der Waals surface area contributed by atoms with Crippen molar-refractivity contribution in [1.82, 2.24) is 10.2 Å². The molecule has 0 aromatic heterocycles. The number of hydrogen-bond acceptors (Lipinski definition) is 2. The molecule has 2 heterocycles. The summed E-state index contributed by atoms with van der Waals surface area (Å²) in [5.41, 5.74) is 0.352. The smallest absolute Gasteiger partial charge is 0.239 e. The second kappa shape index (κ2) is 3.54. The first-order valence-corrected chi connectivity index (χ1v) is 5.61. The van der Waals surface area contributed by atoms with E-state index >= 15 is 0 Å². The van der Waals surface area contributed by atoms with Gasteiger partial charge in [0, 0.05) is 13.1 Å². The van der Waals surface area contributed by atoms with E-state index in [0.717, 1.165) is 26.1 Å². The maximum Gasteiger partial charge on any atom is 0.239 e. The van der Waals surface area contributed by atoms with Crippen LogP contribution in [0.25, 0.3) is 0 Å². The van der Waals surface area contributed by atoms with E-state index in [0.29, 0.717) is 11.3 Å². The molecule has 2 aliphatic rings. The van der Waals surface area contributed by atoms with Crippen LogP contribution in [0.2, 0.25) is 0 Å². The van der Waals surface area contributed by atoms with Crippen LogP contribution >= 0.6 is 0 Å². The van der Waals surface area contributed by atoms with Crippen LogP contribution in [-0.2, 0) is 4.79 Å². The maximum absolute atomic E-state index is 11.9. The normalized spacial score (nSPS) is 31.0. The molecule has 0 radical (unpaired) electrons. The molecule has 2 saturated heterocycles. The van der Waals surface area contributed by atoms with Gasteiger partial charge in [-0.05, 0) is 24.8 Å². The largest absolute Gasteiger partial charge is 0.340 e. The molecule has 0 unspecified atom stereocenters. The Balaban J connectivity index is 1.84. The second-order valence-electron chi connectivity index (χ2n) is 5.36. The number of piperidine rings is 1. The Morgan fingerprint density at radius 1 is 1.36 bits per heavy atom. The molecule has 0 aliphatic carbocycles. The van der Waals surface area contributed by atoms with E-state index < -0.39 is 0 Å². The molecule has 0 spiro atoms. The molecule has 1 N–H and O–H groups in total. The summed E-state index contributed by atoms with van der Waals surface area (Å²) >= 11 is 0. The van der Waals surface area contributed by atoms with Gasteiger partial charge in [0.2, 0.25) is 5.91 Å². The minimum absolute atomic E-state index is 0.111. The third kappa shape index (κ3) is 1.92. The highest BCUT2D eigenvalue weighted by atomic mass is 16.2.